The van der Waals surface area contributed by atoms with Crippen LogP contribution < -0.4 is 11.1 Å². The Labute approximate surface area is 94.8 Å². The van der Waals surface area contributed by atoms with Crippen LogP contribution in [0.4, 0.5) is 10.1 Å². The molecule has 0 radical (unpaired) electrons. The number of anilines is 1. The van der Waals surface area contributed by atoms with Crippen molar-refractivity contribution in [3.05, 3.63) is 29.6 Å². The van der Waals surface area contributed by atoms with Gasteiger partial charge in [-0.2, -0.15) is 0 Å². The maximum atomic E-state index is 13.2. The van der Waals surface area contributed by atoms with E-state index in [1.165, 1.54) is 6.07 Å². The lowest BCUT2D eigenvalue weighted by Crippen LogP contribution is -2.20. The Morgan fingerprint density at radius 3 is 2.88 bits per heavy atom. The van der Waals surface area contributed by atoms with Gasteiger partial charge in [-0.25, -0.2) is 4.39 Å². The number of hydrogen-bond acceptors (Lipinski definition) is 2. The zero-order valence-corrected chi connectivity index (χ0v) is 9.59. The van der Waals surface area contributed by atoms with Crippen molar-refractivity contribution in [1.29, 1.82) is 0 Å². The van der Waals surface area contributed by atoms with E-state index in [1.807, 2.05) is 6.92 Å². The van der Waals surface area contributed by atoms with Crippen molar-refractivity contribution in [1.82, 2.24) is 0 Å². The van der Waals surface area contributed by atoms with Crippen LogP contribution in [0.5, 0.6) is 0 Å². The third kappa shape index (κ3) is 3.31. The molecule has 1 amide bonds. The van der Waals surface area contributed by atoms with E-state index in [4.69, 9.17) is 5.73 Å². The smallest absolute Gasteiger partial charge is 0.224 e. The monoisotopic (exact) mass is 224 g/mol. The molecule has 3 N–H and O–H groups in total. The molecule has 0 saturated heterocycles. The maximum Gasteiger partial charge on any atom is 0.224 e. The Hall–Kier alpha value is -1.42. The Kier molecular flexibility index (Phi) is 4.43. The Morgan fingerprint density at radius 2 is 2.25 bits per heavy atom. The molecule has 0 aliphatic carbocycles. The highest BCUT2D eigenvalue weighted by atomic mass is 19.1. The molecule has 88 valence electrons. The molecule has 0 saturated carbocycles. The first kappa shape index (κ1) is 12.6. The minimum absolute atomic E-state index is 0.133. The van der Waals surface area contributed by atoms with Crippen LogP contribution in [-0.2, 0) is 4.79 Å². The molecule has 1 aromatic carbocycles. The number of benzene rings is 1. The van der Waals surface area contributed by atoms with Crippen molar-refractivity contribution in [2.24, 2.45) is 11.7 Å². The second-order valence-electron chi connectivity index (χ2n) is 4.01. The number of carbonyl (C=O) groups excluding carboxylic acids is 1. The number of nitrogens with one attached hydrogen (secondary N) is 1. The summed E-state index contributed by atoms with van der Waals surface area (Å²) < 4.78 is 13.2. The summed E-state index contributed by atoms with van der Waals surface area (Å²) in [5.74, 6) is -0.315. The third-order valence-electron chi connectivity index (χ3n) is 2.48. The molecular weight excluding hydrogens is 207 g/mol. The van der Waals surface area contributed by atoms with E-state index in [2.05, 4.69) is 5.32 Å². The van der Waals surface area contributed by atoms with Gasteiger partial charge < -0.3 is 11.1 Å². The van der Waals surface area contributed by atoms with Crippen LogP contribution in [0.3, 0.4) is 0 Å². The van der Waals surface area contributed by atoms with Crippen molar-refractivity contribution in [2.75, 3.05) is 11.9 Å². The summed E-state index contributed by atoms with van der Waals surface area (Å²) in [6.45, 7) is 4.00. The molecular formula is C12H17FN2O. The van der Waals surface area contributed by atoms with Gasteiger partial charge in [0.1, 0.15) is 5.82 Å². The third-order valence-corrected chi connectivity index (χ3v) is 2.48. The summed E-state index contributed by atoms with van der Waals surface area (Å²) in [6, 6.07) is 4.63. The fraction of sp³-hybridized carbons (Fsp3) is 0.417. The lowest BCUT2D eigenvalue weighted by molar-refractivity contribution is -0.116. The lowest BCUT2D eigenvalue weighted by Gasteiger charge is -2.11. The van der Waals surface area contributed by atoms with Crippen LogP contribution in [0.15, 0.2) is 18.2 Å². The van der Waals surface area contributed by atoms with Crippen molar-refractivity contribution >= 4 is 11.6 Å². The first-order valence-corrected chi connectivity index (χ1v) is 5.29. The van der Waals surface area contributed by atoms with Gasteiger partial charge >= 0.3 is 0 Å². The zero-order valence-electron chi connectivity index (χ0n) is 9.59. The second-order valence-corrected chi connectivity index (χ2v) is 4.01. The van der Waals surface area contributed by atoms with Gasteiger partial charge in [0.05, 0.1) is 0 Å². The average Bonchev–Trinajstić information content (AvgIpc) is 2.24. The Morgan fingerprint density at radius 1 is 1.56 bits per heavy atom. The molecule has 0 heterocycles. The van der Waals surface area contributed by atoms with Crippen molar-refractivity contribution in [2.45, 2.75) is 20.3 Å². The first-order chi connectivity index (χ1) is 7.54. The van der Waals surface area contributed by atoms with Crippen molar-refractivity contribution < 1.29 is 9.18 Å². The first-order valence-electron chi connectivity index (χ1n) is 5.29. The molecule has 0 spiro atoms. The van der Waals surface area contributed by atoms with E-state index in [1.54, 1.807) is 19.1 Å². The number of amides is 1. The van der Waals surface area contributed by atoms with Crippen LogP contribution in [0.2, 0.25) is 0 Å². The summed E-state index contributed by atoms with van der Waals surface area (Å²) in [5.41, 5.74) is 6.41. The fourth-order valence-corrected chi connectivity index (χ4v) is 1.34. The average molecular weight is 224 g/mol. The molecule has 0 aliphatic rings. The van der Waals surface area contributed by atoms with Gasteiger partial charge in [-0.05, 0) is 31.5 Å². The van der Waals surface area contributed by atoms with Crippen LogP contribution >= 0.6 is 0 Å². The summed E-state index contributed by atoms with van der Waals surface area (Å²) in [4.78, 5) is 11.6. The zero-order chi connectivity index (χ0) is 12.1. The highest BCUT2D eigenvalue weighted by Gasteiger charge is 2.10. The van der Waals surface area contributed by atoms with Crippen LogP contribution in [0.25, 0.3) is 0 Å². The summed E-state index contributed by atoms with van der Waals surface area (Å²) >= 11 is 0. The molecule has 1 unspecified atom stereocenters. The molecule has 16 heavy (non-hydrogen) atoms. The van der Waals surface area contributed by atoms with Gasteiger partial charge in [-0.3, -0.25) is 4.79 Å². The predicted molar refractivity (Wildman–Crippen MR) is 62.6 cm³/mol. The fourth-order valence-electron chi connectivity index (χ4n) is 1.34. The predicted octanol–water partition coefficient (Wildman–Crippen LogP) is 2.06. The van der Waals surface area contributed by atoms with E-state index in [9.17, 15) is 9.18 Å². The molecule has 1 aromatic rings. The van der Waals surface area contributed by atoms with E-state index in [-0.39, 0.29) is 17.6 Å². The molecule has 0 aromatic heterocycles. The van der Waals surface area contributed by atoms with Gasteiger partial charge in [0, 0.05) is 17.7 Å². The molecule has 0 aliphatic heterocycles. The molecule has 3 nitrogen and oxygen atoms in total. The van der Waals surface area contributed by atoms with E-state index >= 15 is 0 Å². The summed E-state index contributed by atoms with van der Waals surface area (Å²) in [5, 5.41) is 2.68. The second kappa shape index (κ2) is 5.61. The van der Waals surface area contributed by atoms with Gasteiger partial charge in [0.25, 0.3) is 0 Å². The molecule has 0 bridgehead atoms. The SMILES string of the molecule is Cc1c(F)cccc1NC(=O)CC(C)CN. The highest BCUT2D eigenvalue weighted by Crippen LogP contribution is 2.17. The van der Waals surface area contributed by atoms with E-state index in [0.29, 0.717) is 24.2 Å². The quantitative estimate of drug-likeness (QED) is 0.822. The normalized spacial score (nSPS) is 12.2. The van der Waals surface area contributed by atoms with Crippen molar-refractivity contribution in [3.8, 4) is 0 Å². The molecule has 1 rings (SSSR count). The highest BCUT2D eigenvalue weighted by molar-refractivity contribution is 5.91. The number of carbonyl (C=O) groups is 1. The van der Waals surface area contributed by atoms with Crippen LogP contribution in [-0.4, -0.2) is 12.5 Å². The van der Waals surface area contributed by atoms with Crippen molar-refractivity contribution in [3.63, 3.8) is 0 Å². The maximum absolute atomic E-state index is 13.2. The van der Waals surface area contributed by atoms with Gasteiger partial charge in [-0.15, -0.1) is 0 Å². The van der Waals surface area contributed by atoms with Gasteiger partial charge in [0.15, 0.2) is 0 Å². The minimum atomic E-state index is -0.315. The Balaban J connectivity index is 2.66. The largest absolute Gasteiger partial charge is 0.330 e. The summed E-state index contributed by atoms with van der Waals surface area (Å²) in [6.07, 6.45) is 0.354. The molecule has 0 fully saturated rings. The van der Waals surface area contributed by atoms with E-state index in [0.717, 1.165) is 0 Å². The topological polar surface area (TPSA) is 55.1 Å². The van der Waals surface area contributed by atoms with Crippen LogP contribution in [0.1, 0.15) is 18.9 Å². The van der Waals surface area contributed by atoms with E-state index < -0.39 is 0 Å². The molecule has 4 heteroatoms. The van der Waals surface area contributed by atoms with Gasteiger partial charge in [-0.1, -0.05) is 13.0 Å². The standard InChI is InChI=1S/C12H17FN2O/c1-8(7-14)6-12(16)15-11-5-3-4-10(13)9(11)2/h3-5,8H,6-7,14H2,1-2H3,(H,15,16). The molecule has 1 atom stereocenters. The number of nitrogens with two attached hydrogens (primary N) is 1. The number of halogens is 1. The van der Waals surface area contributed by atoms with Gasteiger partial charge in [0.2, 0.25) is 5.91 Å². The van der Waals surface area contributed by atoms with Crippen LogP contribution in [0, 0.1) is 18.7 Å². The number of rotatable bonds is 4. The lowest BCUT2D eigenvalue weighted by atomic mass is 10.1. The Bertz CT molecular complexity index is 379. The summed E-state index contributed by atoms with van der Waals surface area (Å²) in [7, 11) is 0. The minimum Gasteiger partial charge on any atom is -0.330 e. The number of hydrogen-bond donors (Lipinski definition) is 2.